The normalized spacial score (nSPS) is 10.9. The molecule has 1 aromatic carbocycles. The van der Waals surface area contributed by atoms with E-state index >= 15 is 0 Å². The average molecular weight is 416 g/mol. The smallest absolute Gasteiger partial charge is 0.387 e. The minimum atomic E-state index is -3.00. The van der Waals surface area contributed by atoms with Crippen molar-refractivity contribution < 1.29 is 27.4 Å². The molecule has 8 nitrogen and oxygen atoms in total. The molecule has 0 N–H and O–H groups in total. The van der Waals surface area contributed by atoms with Crippen molar-refractivity contribution in [2.45, 2.75) is 13.2 Å². The van der Waals surface area contributed by atoms with Gasteiger partial charge in [0.2, 0.25) is 0 Å². The van der Waals surface area contributed by atoms with Crippen molar-refractivity contribution in [2.75, 3.05) is 13.3 Å². The van der Waals surface area contributed by atoms with Crippen molar-refractivity contribution >= 4 is 11.6 Å². The third-order valence-corrected chi connectivity index (χ3v) is 3.55. The summed E-state index contributed by atoms with van der Waals surface area (Å²) in [6.07, 6.45) is 4.24. The van der Waals surface area contributed by atoms with Crippen molar-refractivity contribution in [1.29, 1.82) is 0 Å². The van der Waals surface area contributed by atoms with Crippen molar-refractivity contribution in [1.82, 2.24) is 25.0 Å². The molecule has 0 atom stereocenters. The van der Waals surface area contributed by atoms with Gasteiger partial charge >= 0.3 is 12.6 Å². The summed E-state index contributed by atoms with van der Waals surface area (Å²) in [5, 5.41) is 7.87. The Balaban J connectivity index is 1.63. The second-order valence-corrected chi connectivity index (χ2v) is 5.58. The molecular weight excluding hydrogens is 403 g/mol. The molecule has 3 aromatic rings. The summed E-state index contributed by atoms with van der Waals surface area (Å²) in [6, 6.07) is 4.36. The van der Waals surface area contributed by atoms with Gasteiger partial charge in [0.05, 0.1) is 29.3 Å². The second kappa shape index (κ2) is 9.22. The van der Waals surface area contributed by atoms with Crippen molar-refractivity contribution in [3.05, 3.63) is 47.5 Å². The fraction of sp³-hybridized carbons (Fsp3) is 0.250. The van der Waals surface area contributed by atoms with Crippen LogP contribution in [0.15, 0.2) is 36.8 Å². The van der Waals surface area contributed by atoms with Crippen molar-refractivity contribution in [3.63, 3.8) is 0 Å². The summed E-state index contributed by atoms with van der Waals surface area (Å²) in [4.78, 5) is 7.85. The van der Waals surface area contributed by atoms with Crippen LogP contribution >= 0.6 is 11.6 Å². The maximum atomic E-state index is 12.4. The minimum Gasteiger partial charge on any atom is -0.488 e. The first-order valence-electron chi connectivity index (χ1n) is 7.84. The third kappa shape index (κ3) is 5.22. The fourth-order valence-electron chi connectivity index (χ4n) is 2.06. The number of alkyl halides is 3. The van der Waals surface area contributed by atoms with Crippen LogP contribution in [0.4, 0.5) is 13.2 Å². The van der Waals surface area contributed by atoms with Gasteiger partial charge in [0.1, 0.15) is 31.3 Å². The van der Waals surface area contributed by atoms with E-state index in [4.69, 9.17) is 21.1 Å². The molecule has 0 unspecified atom stereocenters. The Morgan fingerprint density at radius 2 is 1.93 bits per heavy atom. The van der Waals surface area contributed by atoms with Crippen LogP contribution < -0.4 is 14.2 Å². The maximum absolute atomic E-state index is 12.4. The molecule has 28 heavy (non-hydrogen) atoms. The quantitative estimate of drug-likeness (QED) is 0.530. The van der Waals surface area contributed by atoms with E-state index in [1.54, 1.807) is 6.07 Å². The highest BCUT2D eigenvalue weighted by atomic mass is 35.5. The van der Waals surface area contributed by atoms with Crippen molar-refractivity contribution in [3.8, 4) is 23.2 Å². The fourth-order valence-corrected chi connectivity index (χ4v) is 2.22. The zero-order valence-electron chi connectivity index (χ0n) is 14.1. The van der Waals surface area contributed by atoms with Gasteiger partial charge in [-0.15, -0.1) is 5.10 Å². The van der Waals surface area contributed by atoms with E-state index in [-0.39, 0.29) is 30.0 Å². The monoisotopic (exact) mass is 415 g/mol. The molecular formula is C16H13ClF3N5O3. The van der Waals surface area contributed by atoms with Crippen LogP contribution in [0.25, 0.3) is 5.69 Å². The van der Waals surface area contributed by atoms with Gasteiger partial charge in [-0.05, 0) is 12.1 Å². The number of ether oxygens (including phenoxy) is 3. The molecule has 0 saturated carbocycles. The number of halogens is 4. The van der Waals surface area contributed by atoms with Crippen LogP contribution in [-0.2, 0) is 6.61 Å². The molecule has 2 aromatic heterocycles. The molecule has 0 aliphatic rings. The zero-order valence-corrected chi connectivity index (χ0v) is 14.9. The number of nitrogens with zero attached hydrogens (tertiary/aromatic N) is 5. The standard InChI is InChI=1S/C16H13ClF3N5O3/c17-13-2-1-11(5-14(13)28-15(19)20)25-8-10(23-24-25)9-27-16-21-6-12(7-22-16)26-4-3-18/h1-2,5-8,15H,3-4,9H2. The Labute approximate surface area is 161 Å². The SMILES string of the molecule is FCCOc1cnc(OCc2cn(-c3ccc(Cl)c(OC(F)F)c3)nn2)nc1. The van der Waals surface area contributed by atoms with Gasteiger partial charge in [0.15, 0.2) is 5.75 Å². The highest BCUT2D eigenvalue weighted by Gasteiger charge is 2.12. The molecule has 0 aliphatic heterocycles. The van der Waals surface area contributed by atoms with Crippen LogP contribution in [-0.4, -0.2) is 44.9 Å². The molecule has 12 heteroatoms. The maximum Gasteiger partial charge on any atom is 0.387 e. The third-order valence-electron chi connectivity index (χ3n) is 3.24. The van der Waals surface area contributed by atoms with E-state index in [1.165, 1.54) is 35.4 Å². The first kappa shape index (κ1) is 19.7. The summed E-state index contributed by atoms with van der Waals surface area (Å²) in [5.74, 6) is 0.145. The van der Waals surface area contributed by atoms with Crippen LogP contribution in [0.1, 0.15) is 5.69 Å². The molecule has 0 amide bonds. The molecule has 0 aliphatic carbocycles. The Hall–Kier alpha value is -3.08. The zero-order chi connectivity index (χ0) is 19.9. The van der Waals surface area contributed by atoms with Crippen LogP contribution in [0, 0.1) is 0 Å². The van der Waals surface area contributed by atoms with E-state index in [0.29, 0.717) is 17.1 Å². The number of hydrogen-bond donors (Lipinski definition) is 0. The van der Waals surface area contributed by atoms with Crippen LogP contribution in [0.5, 0.6) is 17.5 Å². The van der Waals surface area contributed by atoms with Gasteiger partial charge in [-0.25, -0.2) is 9.07 Å². The van der Waals surface area contributed by atoms with Gasteiger partial charge < -0.3 is 14.2 Å². The van der Waals surface area contributed by atoms with Crippen molar-refractivity contribution in [2.24, 2.45) is 0 Å². The average Bonchev–Trinajstić information content (AvgIpc) is 3.16. The van der Waals surface area contributed by atoms with Gasteiger partial charge in [-0.3, -0.25) is 0 Å². The molecule has 148 valence electrons. The van der Waals surface area contributed by atoms with Crippen LogP contribution in [0.2, 0.25) is 5.02 Å². The lowest BCUT2D eigenvalue weighted by molar-refractivity contribution is -0.0497. The number of rotatable bonds is 9. The highest BCUT2D eigenvalue weighted by molar-refractivity contribution is 6.32. The molecule has 0 bridgehead atoms. The topological polar surface area (TPSA) is 84.2 Å². The Kier molecular flexibility index (Phi) is 6.48. The summed E-state index contributed by atoms with van der Waals surface area (Å²) >= 11 is 5.82. The molecule has 3 rings (SSSR count). The number of aromatic nitrogens is 5. The van der Waals surface area contributed by atoms with E-state index < -0.39 is 13.3 Å². The molecule has 2 heterocycles. The second-order valence-electron chi connectivity index (χ2n) is 5.18. The lowest BCUT2D eigenvalue weighted by atomic mass is 10.3. The van der Waals surface area contributed by atoms with Crippen LogP contribution in [0.3, 0.4) is 0 Å². The molecule has 0 radical (unpaired) electrons. The Morgan fingerprint density at radius 1 is 1.14 bits per heavy atom. The number of hydrogen-bond acceptors (Lipinski definition) is 7. The number of benzene rings is 1. The summed E-state index contributed by atoms with van der Waals surface area (Å²) in [6.45, 7) is -3.68. The highest BCUT2D eigenvalue weighted by Crippen LogP contribution is 2.28. The predicted molar refractivity (Wildman–Crippen MR) is 90.8 cm³/mol. The van der Waals surface area contributed by atoms with E-state index in [1.807, 2.05) is 0 Å². The van der Waals surface area contributed by atoms with E-state index in [0.717, 1.165) is 0 Å². The molecule has 0 saturated heterocycles. The molecule has 0 spiro atoms. The summed E-state index contributed by atoms with van der Waals surface area (Å²) < 4.78 is 53.0. The molecule has 0 fully saturated rings. The van der Waals surface area contributed by atoms with E-state index in [2.05, 4.69) is 25.0 Å². The summed E-state index contributed by atoms with van der Waals surface area (Å²) in [5.41, 5.74) is 0.858. The first-order chi connectivity index (χ1) is 13.5. The first-order valence-corrected chi connectivity index (χ1v) is 8.22. The Morgan fingerprint density at radius 3 is 2.64 bits per heavy atom. The van der Waals surface area contributed by atoms with Gasteiger partial charge in [0.25, 0.3) is 0 Å². The summed E-state index contributed by atoms with van der Waals surface area (Å²) in [7, 11) is 0. The Bertz CT molecular complexity index is 911. The predicted octanol–water partition coefficient (Wildman–Crippen LogP) is 3.24. The van der Waals surface area contributed by atoms with Gasteiger partial charge in [0, 0.05) is 6.07 Å². The van der Waals surface area contributed by atoms with Gasteiger partial charge in [-0.1, -0.05) is 16.8 Å². The van der Waals surface area contributed by atoms with Gasteiger partial charge in [-0.2, -0.15) is 18.7 Å². The lowest BCUT2D eigenvalue weighted by Gasteiger charge is -2.08. The minimum absolute atomic E-state index is 0.0126. The lowest BCUT2D eigenvalue weighted by Crippen LogP contribution is -2.04. The van der Waals surface area contributed by atoms with E-state index in [9.17, 15) is 13.2 Å². The largest absolute Gasteiger partial charge is 0.488 e.